The molecule has 4 atom stereocenters. The Labute approximate surface area is 70.4 Å². The Balaban J connectivity index is 1.97. The zero-order chi connectivity index (χ0) is 8.01. The van der Waals surface area contributed by atoms with E-state index in [1.165, 1.54) is 12.8 Å². The van der Waals surface area contributed by atoms with Crippen molar-refractivity contribution < 1.29 is 0 Å². The van der Waals surface area contributed by atoms with Gasteiger partial charge < -0.3 is 0 Å². The Morgan fingerprint density at radius 1 is 1.09 bits per heavy atom. The van der Waals surface area contributed by atoms with Gasteiger partial charge >= 0.3 is 0 Å². The van der Waals surface area contributed by atoms with Crippen LogP contribution in [-0.2, 0) is 0 Å². The fourth-order valence-corrected chi connectivity index (χ4v) is 3.09. The molecule has 0 aromatic heterocycles. The average molecular weight is 152 g/mol. The molecule has 0 nitrogen and oxygen atoms in total. The molecular formula is C11H20. The summed E-state index contributed by atoms with van der Waals surface area (Å²) in [6.07, 6.45) is 4.58. The molecule has 0 amide bonds. The highest BCUT2D eigenvalue weighted by molar-refractivity contribution is 4.98. The largest absolute Gasteiger partial charge is 0.0625 e. The predicted octanol–water partition coefficient (Wildman–Crippen LogP) is 3.32. The summed E-state index contributed by atoms with van der Waals surface area (Å²) in [5, 5.41) is 0. The maximum atomic E-state index is 2.45. The van der Waals surface area contributed by atoms with E-state index in [1.54, 1.807) is 6.42 Å². The Hall–Kier alpha value is 0. The Kier molecular flexibility index (Phi) is 1.74. The smallest absolute Gasteiger partial charge is 0.0349 e. The monoisotopic (exact) mass is 152 g/mol. The van der Waals surface area contributed by atoms with Gasteiger partial charge in [0.25, 0.3) is 0 Å². The van der Waals surface area contributed by atoms with E-state index in [-0.39, 0.29) is 0 Å². The molecule has 0 unspecified atom stereocenters. The standard InChI is InChI=1S/C11H20/c1-7(2)9-5-4-8(3)10-6-11(9)10/h7-11H,4-6H2,1-3H3/t8-,9+,10-,11+/m1/s1. The number of hydrogen-bond donors (Lipinski definition) is 0. The summed E-state index contributed by atoms with van der Waals surface area (Å²) >= 11 is 0. The van der Waals surface area contributed by atoms with Crippen LogP contribution in [0.15, 0.2) is 0 Å². The topological polar surface area (TPSA) is 0 Å². The third kappa shape index (κ3) is 1.21. The summed E-state index contributed by atoms with van der Waals surface area (Å²) in [5.41, 5.74) is 0. The Morgan fingerprint density at radius 3 is 2.45 bits per heavy atom. The zero-order valence-corrected chi connectivity index (χ0v) is 8.01. The van der Waals surface area contributed by atoms with Gasteiger partial charge in [0, 0.05) is 0 Å². The second kappa shape index (κ2) is 2.50. The lowest BCUT2D eigenvalue weighted by atomic mass is 9.78. The molecule has 2 fully saturated rings. The predicted molar refractivity (Wildman–Crippen MR) is 48.3 cm³/mol. The SMILES string of the molecule is CC(C)[C@@H]1CC[C@@H](C)[C@H]2C[C@H]21. The summed E-state index contributed by atoms with van der Waals surface area (Å²) < 4.78 is 0. The molecule has 2 saturated carbocycles. The van der Waals surface area contributed by atoms with Crippen LogP contribution in [0.25, 0.3) is 0 Å². The van der Waals surface area contributed by atoms with Crippen molar-refractivity contribution in [2.24, 2.45) is 29.6 Å². The molecule has 2 rings (SSSR count). The number of rotatable bonds is 1. The van der Waals surface area contributed by atoms with Crippen LogP contribution >= 0.6 is 0 Å². The molecule has 0 heteroatoms. The van der Waals surface area contributed by atoms with Crippen LogP contribution in [0.3, 0.4) is 0 Å². The van der Waals surface area contributed by atoms with Crippen molar-refractivity contribution >= 4 is 0 Å². The van der Waals surface area contributed by atoms with Gasteiger partial charge in [-0.05, 0) is 42.4 Å². The molecule has 0 N–H and O–H groups in total. The number of fused-ring (bicyclic) bond motifs is 1. The van der Waals surface area contributed by atoms with Gasteiger partial charge in [-0.3, -0.25) is 0 Å². The molecule has 0 spiro atoms. The summed E-state index contributed by atoms with van der Waals surface area (Å²) in [4.78, 5) is 0. The van der Waals surface area contributed by atoms with Crippen LogP contribution < -0.4 is 0 Å². The third-order valence-corrected chi connectivity index (χ3v) is 3.98. The van der Waals surface area contributed by atoms with E-state index in [0.717, 1.165) is 29.6 Å². The Morgan fingerprint density at radius 2 is 1.82 bits per heavy atom. The normalized spacial score (nSPS) is 49.1. The van der Waals surface area contributed by atoms with Crippen LogP contribution in [0.1, 0.15) is 40.0 Å². The molecule has 0 heterocycles. The van der Waals surface area contributed by atoms with Gasteiger partial charge in [0.2, 0.25) is 0 Å². The Bertz CT molecular complexity index is 148. The van der Waals surface area contributed by atoms with Gasteiger partial charge in [-0.1, -0.05) is 27.2 Å². The van der Waals surface area contributed by atoms with Crippen LogP contribution in [-0.4, -0.2) is 0 Å². The molecule has 0 aliphatic heterocycles. The summed E-state index contributed by atoms with van der Waals surface area (Å²) in [6, 6.07) is 0. The van der Waals surface area contributed by atoms with Crippen molar-refractivity contribution in [2.45, 2.75) is 40.0 Å². The number of hydrogen-bond acceptors (Lipinski definition) is 0. The van der Waals surface area contributed by atoms with Crippen LogP contribution in [0.4, 0.5) is 0 Å². The van der Waals surface area contributed by atoms with Crippen LogP contribution in [0.5, 0.6) is 0 Å². The van der Waals surface area contributed by atoms with E-state index >= 15 is 0 Å². The van der Waals surface area contributed by atoms with Gasteiger partial charge in [0.05, 0.1) is 0 Å². The highest BCUT2D eigenvalue weighted by atomic mass is 14.5. The average Bonchev–Trinajstić information content (AvgIpc) is 2.66. The first kappa shape index (κ1) is 7.64. The van der Waals surface area contributed by atoms with Crippen molar-refractivity contribution in [3.05, 3.63) is 0 Å². The quantitative estimate of drug-likeness (QED) is 0.540. The van der Waals surface area contributed by atoms with E-state index in [2.05, 4.69) is 20.8 Å². The van der Waals surface area contributed by atoms with Crippen molar-refractivity contribution in [3.8, 4) is 0 Å². The van der Waals surface area contributed by atoms with Crippen molar-refractivity contribution in [3.63, 3.8) is 0 Å². The molecule has 64 valence electrons. The molecule has 0 saturated heterocycles. The second-order valence-electron chi connectivity index (χ2n) is 5.03. The minimum absolute atomic E-state index is 0.942. The van der Waals surface area contributed by atoms with Crippen LogP contribution in [0.2, 0.25) is 0 Å². The third-order valence-electron chi connectivity index (χ3n) is 3.98. The van der Waals surface area contributed by atoms with Gasteiger partial charge in [0.1, 0.15) is 0 Å². The summed E-state index contributed by atoms with van der Waals surface area (Å²) in [6.45, 7) is 7.24. The summed E-state index contributed by atoms with van der Waals surface area (Å²) in [5.74, 6) is 5.35. The van der Waals surface area contributed by atoms with E-state index in [4.69, 9.17) is 0 Å². The van der Waals surface area contributed by atoms with Gasteiger partial charge in [-0.15, -0.1) is 0 Å². The van der Waals surface area contributed by atoms with E-state index in [1.807, 2.05) is 0 Å². The van der Waals surface area contributed by atoms with E-state index in [0.29, 0.717) is 0 Å². The highest BCUT2D eigenvalue weighted by Gasteiger charge is 2.49. The molecule has 2 aliphatic carbocycles. The second-order valence-corrected chi connectivity index (χ2v) is 5.03. The minimum atomic E-state index is 0.942. The fourth-order valence-electron chi connectivity index (χ4n) is 3.09. The van der Waals surface area contributed by atoms with Gasteiger partial charge in [-0.2, -0.15) is 0 Å². The lowest BCUT2D eigenvalue weighted by Gasteiger charge is -2.28. The van der Waals surface area contributed by atoms with Crippen molar-refractivity contribution in [1.29, 1.82) is 0 Å². The first-order valence-electron chi connectivity index (χ1n) is 5.20. The molecular weight excluding hydrogens is 132 g/mol. The molecule has 0 bridgehead atoms. The zero-order valence-electron chi connectivity index (χ0n) is 8.01. The van der Waals surface area contributed by atoms with Crippen LogP contribution in [0, 0.1) is 29.6 Å². The minimum Gasteiger partial charge on any atom is -0.0625 e. The first-order chi connectivity index (χ1) is 5.20. The molecule has 11 heavy (non-hydrogen) atoms. The van der Waals surface area contributed by atoms with Crippen molar-refractivity contribution in [1.82, 2.24) is 0 Å². The lowest BCUT2D eigenvalue weighted by Crippen LogP contribution is -2.20. The fraction of sp³-hybridized carbons (Fsp3) is 1.00. The van der Waals surface area contributed by atoms with Crippen molar-refractivity contribution in [2.75, 3.05) is 0 Å². The van der Waals surface area contributed by atoms with Gasteiger partial charge in [0.15, 0.2) is 0 Å². The molecule has 0 aromatic rings. The highest BCUT2D eigenvalue weighted by Crippen LogP contribution is 2.57. The molecule has 2 aliphatic rings. The van der Waals surface area contributed by atoms with E-state index in [9.17, 15) is 0 Å². The maximum absolute atomic E-state index is 2.45. The van der Waals surface area contributed by atoms with E-state index < -0.39 is 0 Å². The maximum Gasteiger partial charge on any atom is -0.0349 e. The summed E-state index contributed by atoms with van der Waals surface area (Å²) in [7, 11) is 0. The molecule has 0 radical (unpaired) electrons. The lowest BCUT2D eigenvalue weighted by molar-refractivity contribution is 0.218. The van der Waals surface area contributed by atoms with Gasteiger partial charge in [-0.25, -0.2) is 0 Å². The first-order valence-corrected chi connectivity index (χ1v) is 5.20. The molecule has 0 aromatic carbocycles.